The minimum atomic E-state index is -0.518. The summed E-state index contributed by atoms with van der Waals surface area (Å²) in [5.74, 6) is 0.516. The summed E-state index contributed by atoms with van der Waals surface area (Å²) < 4.78 is 32.1. The Labute approximate surface area is 236 Å². The van der Waals surface area contributed by atoms with E-state index in [1.165, 1.54) is 0 Å². The molecule has 0 spiro atoms. The lowest BCUT2D eigenvalue weighted by molar-refractivity contribution is -0.223. The SMILES string of the molecule is C=C1OC(COCc2ccccc2)C(OCc2ccccc2)C(OCc2ccccc2)C1OCc1ccccc1. The van der Waals surface area contributed by atoms with Crippen molar-refractivity contribution in [2.45, 2.75) is 50.8 Å². The van der Waals surface area contributed by atoms with Crippen LogP contribution in [0, 0.1) is 0 Å². The molecule has 0 N–H and O–H groups in total. The average Bonchev–Trinajstić information content (AvgIpc) is 3.01. The van der Waals surface area contributed by atoms with Crippen LogP contribution in [0.25, 0.3) is 0 Å². The Kier molecular flexibility index (Phi) is 10.1. The quantitative estimate of drug-likeness (QED) is 0.187. The summed E-state index contributed by atoms with van der Waals surface area (Å²) in [6, 6.07) is 40.4. The van der Waals surface area contributed by atoms with Crippen molar-refractivity contribution < 1.29 is 23.7 Å². The first-order valence-electron chi connectivity index (χ1n) is 13.7. The lowest BCUT2D eigenvalue weighted by Crippen LogP contribution is -2.56. The summed E-state index contributed by atoms with van der Waals surface area (Å²) >= 11 is 0. The molecule has 1 saturated heterocycles. The van der Waals surface area contributed by atoms with Crippen LogP contribution in [0.15, 0.2) is 134 Å². The van der Waals surface area contributed by atoms with Gasteiger partial charge < -0.3 is 23.7 Å². The highest BCUT2D eigenvalue weighted by Gasteiger charge is 2.46. The van der Waals surface area contributed by atoms with Gasteiger partial charge in [-0.25, -0.2) is 0 Å². The molecular weight excluding hydrogens is 500 g/mol. The zero-order valence-electron chi connectivity index (χ0n) is 22.6. The standard InChI is InChI=1S/C35H36O5/c1-27-33(37-23-29-16-8-3-9-17-29)35(39-25-31-20-12-5-13-21-31)34(38-24-30-18-10-4-11-19-30)32(40-27)26-36-22-28-14-6-2-7-15-28/h2-21,32-35H,1,22-26H2. The number of ether oxygens (including phenoxy) is 5. The first kappa shape index (κ1) is 27.8. The summed E-state index contributed by atoms with van der Waals surface area (Å²) in [5.41, 5.74) is 4.30. The van der Waals surface area contributed by atoms with Crippen molar-refractivity contribution in [1.29, 1.82) is 0 Å². The van der Waals surface area contributed by atoms with Crippen molar-refractivity contribution in [3.05, 3.63) is 156 Å². The zero-order valence-corrected chi connectivity index (χ0v) is 22.6. The number of hydrogen-bond acceptors (Lipinski definition) is 5. The Hall–Kier alpha value is -3.74. The van der Waals surface area contributed by atoms with E-state index in [1.807, 2.05) is 121 Å². The van der Waals surface area contributed by atoms with Gasteiger partial charge >= 0.3 is 0 Å². The lowest BCUT2D eigenvalue weighted by Gasteiger charge is -2.43. The fourth-order valence-electron chi connectivity index (χ4n) is 4.76. The summed E-state index contributed by atoms with van der Waals surface area (Å²) in [6.07, 6.45) is -1.85. The molecule has 0 aromatic heterocycles. The average molecular weight is 537 g/mol. The maximum Gasteiger partial charge on any atom is 0.150 e. The molecule has 4 unspecified atom stereocenters. The minimum absolute atomic E-state index is 0.323. The summed E-state index contributed by atoms with van der Waals surface area (Å²) in [5, 5.41) is 0. The van der Waals surface area contributed by atoms with E-state index in [4.69, 9.17) is 23.7 Å². The van der Waals surface area contributed by atoms with Crippen molar-refractivity contribution in [2.24, 2.45) is 0 Å². The molecular formula is C35H36O5. The molecule has 40 heavy (non-hydrogen) atoms. The van der Waals surface area contributed by atoms with Crippen LogP contribution in [0.3, 0.4) is 0 Å². The molecule has 1 heterocycles. The maximum atomic E-state index is 6.59. The Morgan fingerprint density at radius 3 is 1.38 bits per heavy atom. The van der Waals surface area contributed by atoms with Gasteiger partial charge in [-0.1, -0.05) is 128 Å². The molecule has 1 fully saturated rings. The number of hydrogen-bond donors (Lipinski definition) is 0. The van der Waals surface area contributed by atoms with Gasteiger partial charge in [0.25, 0.3) is 0 Å². The van der Waals surface area contributed by atoms with Crippen LogP contribution in [0.1, 0.15) is 22.3 Å². The monoisotopic (exact) mass is 536 g/mol. The second-order valence-corrected chi connectivity index (χ2v) is 9.86. The van der Waals surface area contributed by atoms with Crippen LogP contribution in [-0.4, -0.2) is 31.0 Å². The molecule has 4 aromatic rings. The number of benzene rings is 4. The topological polar surface area (TPSA) is 46.2 Å². The van der Waals surface area contributed by atoms with Gasteiger partial charge in [0.05, 0.1) is 33.0 Å². The Bertz CT molecular complexity index is 1280. The molecule has 4 aromatic carbocycles. The van der Waals surface area contributed by atoms with Gasteiger partial charge in [0, 0.05) is 0 Å². The lowest BCUT2D eigenvalue weighted by atomic mass is 9.97. The van der Waals surface area contributed by atoms with E-state index in [0.717, 1.165) is 22.3 Å². The fourth-order valence-corrected chi connectivity index (χ4v) is 4.76. The van der Waals surface area contributed by atoms with Gasteiger partial charge in [-0.15, -0.1) is 0 Å². The first-order valence-corrected chi connectivity index (χ1v) is 13.7. The van der Waals surface area contributed by atoms with E-state index >= 15 is 0 Å². The van der Waals surface area contributed by atoms with E-state index in [0.29, 0.717) is 38.8 Å². The first-order chi connectivity index (χ1) is 19.8. The van der Waals surface area contributed by atoms with Crippen molar-refractivity contribution in [1.82, 2.24) is 0 Å². The molecule has 206 valence electrons. The molecule has 0 radical (unpaired) electrons. The molecule has 0 saturated carbocycles. The molecule has 4 atom stereocenters. The Balaban J connectivity index is 1.36. The van der Waals surface area contributed by atoms with E-state index in [-0.39, 0.29) is 0 Å². The van der Waals surface area contributed by atoms with Crippen molar-refractivity contribution in [3.63, 3.8) is 0 Å². The fraction of sp³-hybridized carbons (Fsp3) is 0.257. The third kappa shape index (κ3) is 7.90. The molecule has 1 aliphatic heterocycles. The third-order valence-corrected chi connectivity index (χ3v) is 6.85. The molecule has 0 bridgehead atoms. The van der Waals surface area contributed by atoms with Crippen molar-refractivity contribution >= 4 is 0 Å². The smallest absolute Gasteiger partial charge is 0.150 e. The molecule has 0 aliphatic carbocycles. The van der Waals surface area contributed by atoms with Crippen molar-refractivity contribution in [2.75, 3.05) is 6.61 Å². The van der Waals surface area contributed by atoms with Crippen LogP contribution in [0.5, 0.6) is 0 Å². The number of rotatable bonds is 13. The maximum absolute atomic E-state index is 6.59. The molecule has 5 heteroatoms. The summed E-state index contributed by atoms with van der Waals surface area (Å²) in [4.78, 5) is 0. The second-order valence-electron chi connectivity index (χ2n) is 9.86. The van der Waals surface area contributed by atoms with E-state index in [9.17, 15) is 0 Å². The third-order valence-electron chi connectivity index (χ3n) is 6.85. The van der Waals surface area contributed by atoms with Gasteiger partial charge in [0.2, 0.25) is 0 Å². The molecule has 1 aliphatic rings. The van der Waals surface area contributed by atoms with Crippen LogP contribution in [0.2, 0.25) is 0 Å². The summed E-state index contributed by atoms with van der Waals surface area (Å²) in [6.45, 7) is 6.26. The van der Waals surface area contributed by atoms with Crippen molar-refractivity contribution in [3.8, 4) is 0 Å². The molecule has 5 nitrogen and oxygen atoms in total. The van der Waals surface area contributed by atoms with E-state index in [1.54, 1.807) is 0 Å². The van der Waals surface area contributed by atoms with Gasteiger partial charge in [-0.05, 0) is 22.3 Å². The highest BCUT2D eigenvalue weighted by Crippen LogP contribution is 2.32. The molecule has 0 amide bonds. The van der Waals surface area contributed by atoms with Crippen LogP contribution in [-0.2, 0) is 50.1 Å². The predicted octanol–water partition coefficient (Wildman–Crippen LogP) is 6.87. The van der Waals surface area contributed by atoms with Crippen LogP contribution < -0.4 is 0 Å². The summed E-state index contributed by atoms with van der Waals surface area (Å²) in [7, 11) is 0. The zero-order chi connectivity index (χ0) is 27.4. The van der Waals surface area contributed by atoms with Gasteiger partial charge in [-0.3, -0.25) is 0 Å². The van der Waals surface area contributed by atoms with Crippen LogP contribution in [0.4, 0.5) is 0 Å². The highest BCUT2D eigenvalue weighted by molar-refractivity contribution is 5.17. The van der Waals surface area contributed by atoms with E-state index in [2.05, 4.69) is 6.58 Å². The highest BCUT2D eigenvalue weighted by atomic mass is 16.6. The Morgan fingerprint density at radius 2 is 0.900 bits per heavy atom. The largest absolute Gasteiger partial charge is 0.487 e. The van der Waals surface area contributed by atoms with Gasteiger partial charge in [0.15, 0.2) is 6.10 Å². The molecule has 5 rings (SSSR count). The van der Waals surface area contributed by atoms with Gasteiger partial charge in [0.1, 0.15) is 24.1 Å². The van der Waals surface area contributed by atoms with E-state index < -0.39 is 24.4 Å². The predicted molar refractivity (Wildman–Crippen MR) is 155 cm³/mol. The minimum Gasteiger partial charge on any atom is -0.487 e. The normalized spacial score (nSPS) is 20.6. The second kappa shape index (κ2) is 14.6. The van der Waals surface area contributed by atoms with Gasteiger partial charge in [-0.2, -0.15) is 0 Å². The Morgan fingerprint density at radius 1 is 0.500 bits per heavy atom. The van der Waals surface area contributed by atoms with Crippen LogP contribution >= 0.6 is 0 Å².